The van der Waals surface area contributed by atoms with Crippen molar-refractivity contribution in [3.8, 4) is 0 Å². The van der Waals surface area contributed by atoms with Gasteiger partial charge in [-0.05, 0) is 36.4 Å². The van der Waals surface area contributed by atoms with Crippen molar-refractivity contribution < 1.29 is 9.18 Å². The zero-order valence-electron chi connectivity index (χ0n) is 10.2. The lowest BCUT2D eigenvalue weighted by Gasteiger charge is -2.01. The number of ketones is 1. The summed E-state index contributed by atoms with van der Waals surface area (Å²) in [6.45, 7) is 0. The van der Waals surface area contributed by atoms with Crippen LogP contribution in [0.1, 0.15) is 10.4 Å². The van der Waals surface area contributed by atoms with E-state index < -0.39 is 0 Å². The molecule has 0 spiro atoms. The number of benzene rings is 2. The second-order valence-corrected chi connectivity index (χ2v) is 4.80. The summed E-state index contributed by atoms with van der Waals surface area (Å²) in [6, 6.07) is 10.6. The molecule has 2 aromatic carbocycles. The quantitative estimate of drug-likeness (QED) is 0.640. The maximum atomic E-state index is 12.9. The van der Waals surface area contributed by atoms with Gasteiger partial charge in [0.05, 0.1) is 10.0 Å². The van der Waals surface area contributed by atoms with Crippen molar-refractivity contribution in [1.82, 2.24) is 0 Å². The maximum Gasteiger partial charge on any atom is 0.187 e. The van der Waals surface area contributed by atoms with Gasteiger partial charge in [-0.25, -0.2) is 4.39 Å². The van der Waals surface area contributed by atoms with Crippen LogP contribution >= 0.6 is 23.2 Å². The van der Waals surface area contributed by atoms with E-state index in [9.17, 15) is 9.18 Å². The van der Waals surface area contributed by atoms with E-state index in [1.54, 1.807) is 24.3 Å². The molecule has 0 aliphatic heterocycles. The predicted octanol–water partition coefficient (Wildman–Crippen LogP) is 4.94. The number of rotatable bonds is 4. The summed E-state index contributed by atoms with van der Waals surface area (Å²) in [7, 11) is 0. The fraction of sp³-hybridized carbons (Fsp3) is 0. The van der Waals surface area contributed by atoms with Crippen LogP contribution in [0.3, 0.4) is 0 Å². The summed E-state index contributed by atoms with van der Waals surface area (Å²) in [5, 5.41) is 3.53. The lowest BCUT2D eigenvalue weighted by molar-refractivity contribution is 0.104. The molecule has 0 amide bonds. The third-order valence-electron chi connectivity index (χ3n) is 2.51. The molecule has 0 radical (unpaired) electrons. The van der Waals surface area contributed by atoms with Gasteiger partial charge in [0.15, 0.2) is 5.78 Å². The first kappa shape index (κ1) is 14.6. The Balaban J connectivity index is 2.04. The Morgan fingerprint density at radius 1 is 1.10 bits per heavy atom. The SMILES string of the molecule is O=C(/C=C/Nc1cccc(F)c1)c1ccc(Cl)c(Cl)c1. The Morgan fingerprint density at radius 3 is 2.60 bits per heavy atom. The van der Waals surface area contributed by atoms with Crippen molar-refractivity contribution in [2.24, 2.45) is 0 Å². The molecule has 20 heavy (non-hydrogen) atoms. The number of halogens is 3. The molecule has 1 N–H and O–H groups in total. The Hall–Kier alpha value is -1.84. The van der Waals surface area contributed by atoms with Gasteiger partial charge in [0, 0.05) is 23.5 Å². The van der Waals surface area contributed by atoms with Crippen LogP contribution in [-0.2, 0) is 0 Å². The molecule has 0 fully saturated rings. The summed E-state index contributed by atoms with van der Waals surface area (Å²) in [5.74, 6) is -0.577. The second kappa shape index (κ2) is 6.55. The van der Waals surface area contributed by atoms with E-state index in [4.69, 9.17) is 23.2 Å². The molecule has 0 unspecified atom stereocenters. The minimum atomic E-state index is -0.348. The Labute approximate surface area is 125 Å². The normalized spacial score (nSPS) is 10.8. The smallest absolute Gasteiger partial charge is 0.187 e. The first-order valence-electron chi connectivity index (χ1n) is 5.74. The molecule has 0 saturated carbocycles. The van der Waals surface area contributed by atoms with E-state index in [1.807, 2.05) is 0 Å². The monoisotopic (exact) mass is 309 g/mol. The zero-order chi connectivity index (χ0) is 14.5. The van der Waals surface area contributed by atoms with Gasteiger partial charge in [-0.15, -0.1) is 0 Å². The Bertz CT molecular complexity index is 671. The van der Waals surface area contributed by atoms with Crippen molar-refractivity contribution >= 4 is 34.7 Å². The van der Waals surface area contributed by atoms with Gasteiger partial charge in [-0.2, -0.15) is 0 Å². The molecule has 5 heteroatoms. The molecule has 0 saturated heterocycles. The molecular weight excluding hydrogens is 300 g/mol. The van der Waals surface area contributed by atoms with E-state index >= 15 is 0 Å². The van der Waals surface area contributed by atoms with Crippen LogP contribution in [0.25, 0.3) is 0 Å². The minimum absolute atomic E-state index is 0.229. The highest BCUT2D eigenvalue weighted by Crippen LogP contribution is 2.22. The van der Waals surface area contributed by atoms with E-state index in [0.717, 1.165) is 0 Å². The van der Waals surface area contributed by atoms with Gasteiger partial charge >= 0.3 is 0 Å². The highest BCUT2D eigenvalue weighted by atomic mass is 35.5. The van der Waals surface area contributed by atoms with Crippen LogP contribution in [0.15, 0.2) is 54.7 Å². The molecule has 0 aromatic heterocycles. The van der Waals surface area contributed by atoms with Gasteiger partial charge in [0.1, 0.15) is 5.82 Å². The first-order valence-corrected chi connectivity index (χ1v) is 6.50. The Kier molecular flexibility index (Phi) is 4.77. The number of carbonyl (C=O) groups excluding carboxylic acids is 1. The topological polar surface area (TPSA) is 29.1 Å². The van der Waals surface area contributed by atoms with Crippen LogP contribution in [0.2, 0.25) is 10.0 Å². The van der Waals surface area contributed by atoms with Gasteiger partial charge in [-0.3, -0.25) is 4.79 Å². The number of anilines is 1. The summed E-state index contributed by atoms with van der Waals surface area (Å²) in [6.07, 6.45) is 2.78. The van der Waals surface area contributed by atoms with Crippen molar-refractivity contribution in [1.29, 1.82) is 0 Å². The van der Waals surface area contributed by atoms with Crippen LogP contribution in [0.4, 0.5) is 10.1 Å². The van der Waals surface area contributed by atoms with Crippen LogP contribution in [-0.4, -0.2) is 5.78 Å². The molecule has 0 aliphatic carbocycles. The number of nitrogens with one attached hydrogen (secondary N) is 1. The second-order valence-electron chi connectivity index (χ2n) is 3.98. The van der Waals surface area contributed by atoms with E-state index in [2.05, 4.69) is 5.32 Å². The number of hydrogen-bond acceptors (Lipinski definition) is 2. The molecule has 0 atom stereocenters. The number of carbonyl (C=O) groups is 1. The summed E-state index contributed by atoms with van der Waals surface area (Å²) in [4.78, 5) is 11.9. The summed E-state index contributed by atoms with van der Waals surface area (Å²) >= 11 is 11.6. The van der Waals surface area contributed by atoms with Crippen molar-refractivity contribution in [3.05, 3.63) is 76.2 Å². The number of hydrogen-bond donors (Lipinski definition) is 1. The molecule has 2 aromatic rings. The lowest BCUT2D eigenvalue weighted by Crippen LogP contribution is -1.96. The predicted molar refractivity (Wildman–Crippen MR) is 80.0 cm³/mol. The summed E-state index contributed by atoms with van der Waals surface area (Å²) in [5.41, 5.74) is 0.986. The van der Waals surface area contributed by atoms with Crippen LogP contribution in [0.5, 0.6) is 0 Å². The van der Waals surface area contributed by atoms with Gasteiger partial charge < -0.3 is 5.32 Å². The Morgan fingerprint density at radius 2 is 1.90 bits per heavy atom. The van der Waals surface area contributed by atoms with Crippen molar-refractivity contribution in [2.45, 2.75) is 0 Å². The average molecular weight is 310 g/mol. The molecule has 0 bridgehead atoms. The van der Waals surface area contributed by atoms with Crippen LogP contribution < -0.4 is 5.32 Å². The summed E-state index contributed by atoms with van der Waals surface area (Å²) < 4.78 is 12.9. The third kappa shape index (κ3) is 3.83. The average Bonchev–Trinajstić information content (AvgIpc) is 2.42. The highest BCUT2D eigenvalue weighted by molar-refractivity contribution is 6.42. The molecule has 0 aliphatic rings. The molecule has 0 heterocycles. The van der Waals surface area contributed by atoms with Gasteiger partial charge in [-0.1, -0.05) is 29.3 Å². The standard InChI is InChI=1S/C15H10Cl2FNO/c16-13-5-4-10(8-14(13)17)15(20)6-7-19-12-3-1-2-11(18)9-12/h1-9,19H/b7-6+. The van der Waals surface area contributed by atoms with Crippen molar-refractivity contribution in [2.75, 3.05) is 5.32 Å². The number of allylic oxidation sites excluding steroid dienone is 1. The molecule has 102 valence electrons. The molecule has 2 nitrogen and oxygen atoms in total. The highest BCUT2D eigenvalue weighted by Gasteiger charge is 2.04. The maximum absolute atomic E-state index is 12.9. The van der Waals surface area contributed by atoms with E-state index in [-0.39, 0.29) is 11.6 Å². The fourth-order valence-corrected chi connectivity index (χ4v) is 1.84. The van der Waals surface area contributed by atoms with Crippen LogP contribution in [0, 0.1) is 5.82 Å². The zero-order valence-corrected chi connectivity index (χ0v) is 11.8. The lowest BCUT2D eigenvalue weighted by atomic mass is 10.1. The first-order chi connectivity index (χ1) is 9.56. The minimum Gasteiger partial charge on any atom is -0.361 e. The van der Waals surface area contributed by atoms with Crippen molar-refractivity contribution in [3.63, 3.8) is 0 Å². The molecule has 2 rings (SSSR count). The van der Waals surface area contributed by atoms with Gasteiger partial charge in [0.2, 0.25) is 0 Å². The third-order valence-corrected chi connectivity index (χ3v) is 3.25. The fourth-order valence-electron chi connectivity index (χ4n) is 1.54. The largest absolute Gasteiger partial charge is 0.361 e. The van der Waals surface area contributed by atoms with E-state index in [1.165, 1.54) is 30.5 Å². The van der Waals surface area contributed by atoms with Gasteiger partial charge in [0.25, 0.3) is 0 Å². The molecular formula is C15H10Cl2FNO. The van der Waals surface area contributed by atoms with E-state index in [0.29, 0.717) is 21.3 Å².